The smallest absolute Gasteiger partial charge is 0.354 e. The summed E-state index contributed by atoms with van der Waals surface area (Å²) >= 11 is 0. The van der Waals surface area contributed by atoms with Crippen LogP contribution in [0.4, 0.5) is 19.0 Å². The Labute approximate surface area is 98.5 Å². The van der Waals surface area contributed by atoms with Gasteiger partial charge in [0.15, 0.2) is 0 Å². The van der Waals surface area contributed by atoms with Gasteiger partial charge in [-0.1, -0.05) is 0 Å². The van der Waals surface area contributed by atoms with Gasteiger partial charge in [0.25, 0.3) is 0 Å². The number of anilines is 1. The molecule has 0 saturated carbocycles. The Morgan fingerprint density at radius 2 is 2.06 bits per heavy atom. The van der Waals surface area contributed by atoms with Gasteiger partial charge in [0.1, 0.15) is 5.82 Å². The first-order valence-electron chi connectivity index (χ1n) is 5.78. The lowest BCUT2D eigenvalue weighted by molar-refractivity contribution is -0.137. The number of rotatable bonds is 1. The van der Waals surface area contributed by atoms with Gasteiger partial charge in [0, 0.05) is 18.8 Å². The Kier molecular flexibility index (Phi) is 3.26. The van der Waals surface area contributed by atoms with E-state index >= 15 is 0 Å². The molecule has 1 atom stereocenters. The number of hydrogen-bond acceptors (Lipinski definition) is 2. The van der Waals surface area contributed by atoms with E-state index in [0.717, 1.165) is 31.6 Å². The molecule has 1 saturated heterocycles. The van der Waals surface area contributed by atoms with Crippen molar-refractivity contribution in [3.8, 4) is 0 Å². The first kappa shape index (κ1) is 12.2. The maximum Gasteiger partial charge on any atom is 0.417 e. The van der Waals surface area contributed by atoms with Crippen LogP contribution in [0.2, 0.25) is 0 Å². The highest BCUT2D eigenvalue weighted by Gasteiger charge is 2.31. The van der Waals surface area contributed by atoms with Crippen LogP contribution in [-0.2, 0) is 6.18 Å². The molecule has 1 fully saturated rings. The molecule has 1 aliphatic rings. The first-order valence-corrected chi connectivity index (χ1v) is 5.78. The number of nitrogens with zero attached hydrogens (tertiary/aromatic N) is 2. The van der Waals surface area contributed by atoms with E-state index in [-0.39, 0.29) is 0 Å². The number of aromatic nitrogens is 1. The van der Waals surface area contributed by atoms with Crippen LogP contribution in [0.5, 0.6) is 0 Å². The summed E-state index contributed by atoms with van der Waals surface area (Å²) < 4.78 is 37.2. The van der Waals surface area contributed by atoms with E-state index in [0.29, 0.717) is 11.9 Å². The monoisotopic (exact) mass is 244 g/mol. The quantitative estimate of drug-likeness (QED) is 0.751. The topological polar surface area (TPSA) is 16.1 Å². The lowest BCUT2D eigenvalue weighted by atomic mass is 10.0. The molecule has 0 N–H and O–H groups in total. The third kappa shape index (κ3) is 2.70. The lowest BCUT2D eigenvalue weighted by Crippen LogP contribution is -2.37. The summed E-state index contributed by atoms with van der Waals surface area (Å²) in [4.78, 5) is 6.00. The van der Waals surface area contributed by atoms with Gasteiger partial charge >= 0.3 is 6.18 Å². The summed E-state index contributed by atoms with van der Waals surface area (Å²) in [5.74, 6) is 0.644. The third-order valence-electron chi connectivity index (χ3n) is 3.17. The zero-order chi connectivity index (χ0) is 12.5. The summed E-state index contributed by atoms with van der Waals surface area (Å²) in [7, 11) is 0. The second-order valence-electron chi connectivity index (χ2n) is 4.44. The molecule has 0 aromatic carbocycles. The minimum absolute atomic E-state index is 0.355. The SMILES string of the molecule is C[C@@H]1CCCCN1c1ccc(C(F)(F)F)cn1. The Bertz CT molecular complexity index is 372. The zero-order valence-electron chi connectivity index (χ0n) is 9.67. The van der Waals surface area contributed by atoms with Crippen molar-refractivity contribution in [2.45, 2.75) is 38.4 Å². The molecule has 1 aliphatic heterocycles. The second-order valence-corrected chi connectivity index (χ2v) is 4.44. The van der Waals surface area contributed by atoms with Crippen LogP contribution >= 0.6 is 0 Å². The highest BCUT2D eigenvalue weighted by Crippen LogP contribution is 2.30. The van der Waals surface area contributed by atoms with Gasteiger partial charge in [-0.05, 0) is 38.3 Å². The van der Waals surface area contributed by atoms with Gasteiger partial charge in [-0.3, -0.25) is 0 Å². The van der Waals surface area contributed by atoms with Gasteiger partial charge in [0.05, 0.1) is 5.56 Å². The fraction of sp³-hybridized carbons (Fsp3) is 0.583. The van der Waals surface area contributed by atoms with Crippen LogP contribution in [0.1, 0.15) is 31.7 Å². The molecule has 0 unspecified atom stereocenters. The van der Waals surface area contributed by atoms with E-state index in [9.17, 15) is 13.2 Å². The van der Waals surface area contributed by atoms with Crippen molar-refractivity contribution in [2.24, 2.45) is 0 Å². The molecule has 5 heteroatoms. The summed E-state index contributed by atoms with van der Waals surface area (Å²) in [6.07, 6.45) is -0.0657. The van der Waals surface area contributed by atoms with Crippen molar-refractivity contribution in [1.82, 2.24) is 4.98 Å². The predicted molar refractivity (Wildman–Crippen MR) is 59.9 cm³/mol. The first-order chi connectivity index (χ1) is 7.98. The van der Waals surface area contributed by atoms with Crippen molar-refractivity contribution < 1.29 is 13.2 Å². The second kappa shape index (κ2) is 4.55. The molecule has 0 spiro atoms. The van der Waals surface area contributed by atoms with Gasteiger partial charge < -0.3 is 4.90 Å². The fourth-order valence-electron chi connectivity index (χ4n) is 2.16. The molecule has 0 bridgehead atoms. The summed E-state index contributed by atoms with van der Waals surface area (Å²) in [6.45, 7) is 2.96. The van der Waals surface area contributed by atoms with Crippen LogP contribution in [-0.4, -0.2) is 17.6 Å². The lowest BCUT2D eigenvalue weighted by Gasteiger charge is -2.34. The number of pyridine rings is 1. The average molecular weight is 244 g/mol. The normalized spacial score (nSPS) is 21.6. The molecule has 2 nitrogen and oxygen atoms in total. The average Bonchev–Trinajstić information content (AvgIpc) is 2.29. The van der Waals surface area contributed by atoms with Crippen LogP contribution in [0.25, 0.3) is 0 Å². The highest BCUT2D eigenvalue weighted by atomic mass is 19.4. The van der Waals surface area contributed by atoms with E-state index in [4.69, 9.17) is 0 Å². The van der Waals surface area contributed by atoms with E-state index in [1.165, 1.54) is 12.5 Å². The van der Waals surface area contributed by atoms with Gasteiger partial charge in [-0.2, -0.15) is 13.2 Å². The maximum atomic E-state index is 12.4. The standard InChI is InChI=1S/C12H15F3N2/c1-9-4-2-3-7-17(9)11-6-5-10(8-16-11)12(13,14)15/h5-6,8-9H,2-4,7H2,1H3/t9-/m1/s1. The summed E-state index contributed by atoms with van der Waals surface area (Å²) in [6, 6.07) is 2.92. The molecular formula is C12H15F3N2. The van der Waals surface area contributed by atoms with Crippen molar-refractivity contribution >= 4 is 5.82 Å². The Morgan fingerprint density at radius 1 is 1.29 bits per heavy atom. The van der Waals surface area contributed by atoms with Gasteiger partial charge in [-0.25, -0.2) is 4.98 Å². The molecule has 0 aliphatic carbocycles. The molecule has 94 valence electrons. The zero-order valence-corrected chi connectivity index (χ0v) is 9.67. The van der Waals surface area contributed by atoms with Crippen molar-refractivity contribution in [1.29, 1.82) is 0 Å². The number of alkyl halides is 3. The number of halogens is 3. The summed E-state index contributed by atoms with van der Waals surface area (Å²) in [5.41, 5.74) is -0.689. The minimum atomic E-state index is -4.31. The van der Waals surface area contributed by atoms with E-state index in [1.54, 1.807) is 0 Å². The Morgan fingerprint density at radius 3 is 2.59 bits per heavy atom. The Balaban J connectivity index is 2.17. The largest absolute Gasteiger partial charge is 0.417 e. The number of piperidine rings is 1. The number of hydrogen-bond donors (Lipinski definition) is 0. The van der Waals surface area contributed by atoms with Gasteiger partial charge in [-0.15, -0.1) is 0 Å². The highest BCUT2D eigenvalue weighted by molar-refractivity contribution is 5.41. The third-order valence-corrected chi connectivity index (χ3v) is 3.17. The van der Waals surface area contributed by atoms with Crippen LogP contribution < -0.4 is 4.90 Å². The molecule has 17 heavy (non-hydrogen) atoms. The van der Waals surface area contributed by atoms with Crippen molar-refractivity contribution in [2.75, 3.05) is 11.4 Å². The van der Waals surface area contributed by atoms with Crippen molar-refractivity contribution in [3.63, 3.8) is 0 Å². The molecule has 1 aromatic rings. The fourth-order valence-corrected chi connectivity index (χ4v) is 2.16. The molecule has 1 aromatic heterocycles. The molecule has 2 heterocycles. The Hall–Kier alpha value is -1.26. The van der Waals surface area contributed by atoms with Crippen molar-refractivity contribution in [3.05, 3.63) is 23.9 Å². The maximum absolute atomic E-state index is 12.4. The van der Waals surface area contributed by atoms with Gasteiger partial charge in [0.2, 0.25) is 0 Å². The summed E-state index contributed by atoms with van der Waals surface area (Å²) in [5, 5.41) is 0. The molecule has 0 amide bonds. The van der Waals surface area contributed by atoms with E-state index < -0.39 is 11.7 Å². The molecule has 0 radical (unpaired) electrons. The minimum Gasteiger partial charge on any atom is -0.354 e. The van der Waals surface area contributed by atoms with E-state index in [1.807, 2.05) is 0 Å². The van der Waals surface area contributed by atoms with E-state index in [2.05, 4.69) is 16.8 Å². The predicted octanol–water partition coefficient (Wildman–Crippen LogP) is 3.48. The van der Waals surface area contributed by atoms with Crippen LogP contribution in [0.3, 0.4) is 0 Å². The molecule has 2 rings (SSSR count). The van der Waals surface area contributed by atoms with Crippen LogP contribution in [0, 0.1) is 0 Å². The molecular weight excluding hydrogens is 229 g/mol. The van der Waals surface area contributed by atoms with Crippen LogP contribution in [0.15, 0.2) is 18.3 Å².